The van der Waals surface area contributed by atoms with Crippen molar-refractivity contribution in [3.63, 3.8) is 0 Å². The number of rotatable bonds is 1. The standard InChI is InChI=1S/C8H13ClN2O/c9-5-7(12)11-4-2-8(6-11)1-3-10-8/h10H,1-6H2. The van der Waals surface area contributed by atoms with Gasteiger partial charge in [0.05, 0.1) is 0 Å². The van der Waals surface area contributed by atoms with E-state index in [9.17, 15) is 4.79 Å². The van der Waals surface area contributed by atoms with E-state index in [1.807, 2.05) is 4.90 Å². The first-order chi connectivity index (χ1) is 5.76. The molecular formula is C8H13ClN2O. The van der Waals surface area contributed by atoms with E-state index in [4.69, 9.17) is 11.6 Å². The molecule has 2 aliphatic heterocycles. The molecule has 2 rings (SSSR count). The summed E-state index contributed by atoms with van der Waals surface area (Å²) in [6.45, 7) is 2.83. The van der Waals surface area contributed by atoms with Crippen molar-refractivity contribution in [2.24, 2.45) is 0 Å². The number of carbonyl (C=O) groups is 1. The summed E-state index contributed by atoms with van der Waals surface area (Å²) >= 11 is 5.47. The van der Waals surface area contributed by atoms with Gasteiger partial charge < -0.3 is 10.2 Å². The normalized spacial score (nSPS) is 33.9. The number of hydrogen-bond donors (Lipinski definition) is 1. The van der Waals surface area contributed by atoms with Crippen LogP contribution in [-0.2, 0) is 4.79 Å². The molecule has 3 nitrogen and oxygen atoms in total. The maximum absolute atomic E-state index is 11.2. The van der Waals surface area contributed by atoms with Gasteiger partial charge in [-0.2, -0.15) is 0 Å². The van der Waals surface area contributed by atoms with Crippen LogP contribution >= 0.6 is 11.6 Å². The van der Waals surface area contributed by atoms with Gasteiger partial charge >= 0.3 is 0 Å². The smallest absolute Gasteiger partial charge is 0.237 e. The second-order valence-electron chi connectivity index (χ2n) is 3.66. The van der Waals surface area contributed by atoms with Crippen LogP contribution in [0.4, 0.5) is 0 Å². The summed E-state index contributed by atoms with van der Waals surface area (Å²) in [4.78, 5) is 13.1. The zero-order valence-corrected chi connectivity index (χ0v) is 7.73. The van der Waals surface area contributed by atoms with Gasteiger partial charge in [-0.25, -0.2) is 0 Å². The Labute approximate surface area is 77.1 Å². The van der Waals surface area contributed by atoms with Crippen molar-refractivity contribution in [1.82, 2.24) is 10.2 Å². The second kappa shape index (κ2) is 2.89. The highest BCUT2D eigenvalue weighted by Gasteiger charge is 2.43. The van der Waals surface area contributed by atoms with Crippen molar-refractivity contribution in [2.75, 3.05) is 25.5 Å². The third kappa shape index (κ3) is 1.21. The lowest BCUT2D eigenvalue weighted by Gasteiger charge is -2.39. The lowest BCUT2D eigenvalue weighted by Crippen LogP contribution is -2.58. The number of halogens is 1. The number of carbonyl (C=O) groups excluding carboxylic acids is 1. The number of hydrogen-bond acceptors (Lipinski definition) is 2. The van der Waals surface area contributed by atoms with Crippen molar-refractivity contribution < 1.29 is 4.79 Å². The first-order valence-corrected chi connectivity index (χ1v) is 4.88. The van der Waals surface area contributed by atoms with E-state index >= 15 is 0 Å². The van der Waals surface area contributed by atoms with Gasteiger partial charge in [-0.15, -0.1) is 11.6 Å². The third-order valence-corrected chi connectivity index (χ3v) is 3.15. The molecule has 1 amide bonds. The second-order valence-corrected chi connectivity index (χ2v) is 3.92. The van der Waals surface area contributed by atoms with Gasteiger partial charge in [-0.1, -0.05) is 0 Å². The van der Waals surface area contributed by atoms with Gasteiger partial charge in [0, 0.05) is 18.6 Å². The van der Waals surface area contributed by atoms with E-state index in [2.05, 4.69) is 5.32 Å². The van der Waals surface area contributed by atoms with Gasteiger partial charge in [0.2, 0.25) is 5.91 Å². The lowest BCUT2D eigenvalue weighted by atomic mass is 9.87. The van der Waals surface area contributed by atoms with Gasteiger partial charge in [-0.05, 0) is 19.4 Å². The molecule has 68 valence electrons. The number of nitrogens with one attached hydrogen (secondary N) is 1. The summed E-state index contributed by atoms with van der Waals surface area (Å²) in [6.07, 6.45) is 2.30. The fourth-order valence-electron chi connectivity index (χ4n) is 2.00. The lowest BCUT2D eigenvalue weighted by molar-refractivity contribution is -0.127. The molecule has 0 aromatic rings. The van der Waals surface area contributed by atoms with Gasteiger partial charge in [0.15, 0.2) is 0 Å². The highest BCUT2D eigenvalue weighted by atomic mass is 35.5. The fourth-order valence-corrected chi connectivity index (χ4v) is 2.17. The van der Waals surface area contributed by atoms with Crippen LogP contribution in [0.5, 0.6) is 0 Å². The number of alkyl halides is 1. The molecule has 1 spiro atoms. The van der Waals surface area contributed by atoms with Crippen LogP contribution in [-0.4, -0.2) is 41.9 Å². The molecule has 0 bridgehead atoms. The van der Waals surface area contributed by atoms with Crippen molar-refractivity contribution in [2.45, 2.75) is 18.4 Å². The van der Waals surface area contributed by atoms with Gasteiger partial charge in [-0.3, -0.25) is 4.79 Å². The summed E-state index contributed by atoms with van der Waals surface area (Å²) in [6, 6.07) is 0. The van der Waals surface area contributed by atoms with Crippen LogP contribution < -0.4 is 5.32 Å². The molecule has 4 heteroatoms. The van der Waals surface area contributed by atoms with Crippen molar-refractivity contribution in [3.05, 3.63) is 0 Å². The first kappa shape index (κ1) is 8.32. The van der Waals surface area contributed by atoms with E-state index in [0.29, 0.717) is 0 Å². The van der Waals surface area contributed by atoms with Crippen LogP contribution in [0.2, 0.25) is 0 Å². The number of nitrogens with zero attached hydrogens (tertiary/aromatic N) is 1. The summed E-state index contributed by atoms with van der Waals surface area (Å²) < 4.78 is 0. The minimum atomic E-state index is 0.0715. The molecule has 2 fully saturated rings. The molecule has 0 saturated carbocycles. The monoisotopic (exact) mass is 188 g/mol. The molecule has 1 unspecified atom stereocenters. The van der Waals surface area contributed by atoms with Gasteiger partial charge in [0.25, 0.3) is 0 Å². The Balaban J connectivity index is 1.93. The summed E-state index contributed by atoms with van der Waals surface area (Å²) in [5, 5.41) is 3.39. The zero-order valence-electron chi connectivity index (χ0n) is 6.98. The summed E-state index contributed by atoms with van der Waals surface area (Å²) in [5.74, 6) is 0.193. The third-order valence-electron chi connectivity index (χ3n) is 2.92. The molecule has 12 heavy (non-hydrogen) atoms. The molecule has 1 atom stereocenters. The van der Waals surface area contributed by atoms with E-state index in [-0.39, 0.29) is 17.3 Å². The van der Waals surface area contributed by atoms with E-state index in [1.165, 1.54) is 6.42 Å². The molecule has 0 radical (unpaired) electrons. The zero-order chi connectivity index (χ0) is 8.60. The van der Waals surface area contributed by atoms with Gasteiger partial charge in [0.1, 0.15) is 5.88 Å². The Kier molecular flexibility index (Phi) is 2.00. The quantitative estimate of drug-likeness (QED) is 0.596. The van der Waals surface area contributed by atoms with Crippen LogP contribution in [0.25, 0.3) is 0 Å². The number of amides is 1. The highest BCUT2D eigenvalue weighted by Crippen LogP contribution is 2.29. The van der Waals surface area contributed by atoms with Crippen molar-refractivity contribution in [3.8, 4) is 0 Å². The average Bonchev–Trinajstić information content (AvgIpc) is 2.46. The summed E-state index contributed by atoms with van der Waals surface area (Å²) in [5.41, 5.74) is 0.266. The van der Waals surface area contributed by atoms with E-state index in [0.717, 1.165) is 26.1 Å². The van der Waals surface area contributed by atoms with Crippen LogP contribution in [0, 0.1) is 0 Å². The molecule has 1 N–H and O–H groups in total. The number of likely N-dealkylation sites (tertiary alicyclic amines) is 1. The van der Waals surface area contributed by atoms with Crippen LogP contribution in [0.15, 0.2) is 0 Å². The molecule has 0 aromatic heterocycles. The largest absolute Gasteiger partial charge is 0.340 e. The SMILES string of the molecule is O=C(CCl)N1CCC2(CCN2)C1. The van der Waals surface area contributed by atoms with Crippen LogP contribution in [0.3, 0.4) is 0 Å². The first-order valence-electron chi connectivity index (χ1n) is 4.35. The predicted octanol–water partition coefficient (Wildman–Crippen LogP) is 0.190. The molecule has 2 heterocycles. The highest BCUT2D eigenvalue weighted by molar-refractivity contribution is 6.27. The maximum Gasteiger partial charge on any atom is 0.237 e. The summed E-state index contributed by atoms with van der Waals surface area (Å²) in [7, 11) is 0. The Morgan fingerprint density at radius 3 is 2.75 bits per heavy atom. The molecule has 2 saturated heterocycles. The van der Waals surface area contributed by atoms with Crippen LogP contribution in [0.1, 0.15) is 12.8 Å². The average molecular weight is 189 g/mol. The molecular weight excluding hydrogens is 176 g/mol. The van der Waals surface area contributed by atoms with Crippen molar-refractivity contribution >= 4 is 17.5 Å². The van der Waals surface area contributed by atoms with E-state index < -0.39 is 0 Å². The topological polar surface area (TPSA) is 32.3 Å². The Hall–Kier alpha value is -0.280. The molecule has 2 aliphatic rings. The minimum Gasteiger partial charge on any atom is -0.340 e. The predicted molar refractivity (Wildman–Crippen MR) is 47.3 cm³/mol. The Morgan fingerprint density at radius 2 is 2.33 bits per heavy atom. The van der Waals surface area contributed by atoms with Crippen molar-refractivity contribution in [1.29, 1.82) is 0 Å². The minimum absolute atomic E-state index is 0.0715. The molecule has 0 aromatic carbocycles. The maximum atomic E-state index is 11.2. The Bertz CT molecular complexity index is 203. The Morgan fingerprint density at radius 1 is 1.58 bits per heavy atom. The van der Waals surface area contributed by atoms with E-state index in [1.54, 1.807) is 0 Å². The molecule has 0 aliphatic carbocycles. The fraction of sp³-hybridized carbons (Fsp3) is 0.875.